The van der Waals surface area contributed by atoms with Crippen LogP contribution in [-0.4, -0.2) is 44.4 Å². The van der Waals surface area contributed by atoms with Crippen molar-refractivity contribution < 1.29 is 19.1 Å². The van der Waals surface area contributed by atoms with Gasteiger partial charge in [0, 0.05) is 18.7 Å². The van der Waals surface area contributed by atoms with Gasteiger partial charge in [0.1, 0.15) is 0 Å². The van der Waals surface area contributed by atoms with Crippen molar-refractivity contribution in [1.29, 1.82) is 0 Å². The molecule has 1 rings (SSSR count). The van der Waals surface area contributed by atoms with Gasteiger partial charge in [0.2, 0.25) is 0 Å². The number of carbonyl (C=O) groups is 2. The van der Waals surface area contributed by atoms with Crippen LogP contribution in [0.3, 0.4) is 0 Å². The molecule has 104 valence electrons. The molecule has 0 saturated carbocycles. The van der Waals surface area contributed by atoms with Gasteiger partial charge in [-0.05, 0) is 26.0 Å². The normalized spacial score (nSPS) is 9.89. The molecule has 1 aromatic carbocycles. The lowest BCUT2D eigenvalue weighted by molar-refractivity contribution is 0.0765. The summed E-state index contributed by atoms with van der Waals surface area (Å²) in [7, 11) is 2.94. The second-order valence-electron chi connectivity index (χ2n) is 3.86. The molecule has 0 spiro atoms. The smallest absolute Gasteiger partial charge is 0.258 e. The van der Waals surface area contributed by atoms with E-state index in [1.807, 2.05) is 13.8 Å². The van der Waals surface area contributed by atoms with E-state index >= 15 is 0 Å². The molecule has 1 amide bonds. The predicted molar refractivity (Wildman–Crippen MR) is 72.2 cm³/mol. The molecule has 0 aliphatic rings. The molecule has 5 heteroatoms. The van der Waals surface area contributed by atoms with Gasteiger partial charge in [0.25, 0.3) is 5.91 Å². The van der Waals surface area contributed by atoms with Gasteiger partial charge in [-0.25, -0.2) is 0 Å². The van der Waals surface area contributed by atoms with Crippen molar-refractivity contribution in [1.82, 2.24) is 4.90 Å². The molecule has 0 aliphatic heterocycles. The fourth-order valence-corrected chi connectivity index (χ4v) is 1.93. The number of benzene rings is 1. The van der Waals surface area contributed by atoms with Crippen LogP contribution in [0.15, 0.2) is 12.1 Å². The molecule has 0 fully saturated rings. The van der Waals surface area contributed by atoms with Crippen molar-refractivity contribution in [3.8, 4) is 11.5 Å². The van der Waals surface area contributed by atoms with E-state index in [1.54, 1.807) is 17.0 Å². The first-order chi connectivity index (χ1) is 9.14. The molecule has 0 unspecified atom stereocenters. The minimum absolute atomic E-state index is 0.233. The number of amides is 1. The Morgan fingerprint density at radius 2 is 1.84 bits per heavy atom. The van der Waals surface area contributed by atoms with Crippen LogP contribution in [0.25, 0.3) is 0 Å². The molecule has 0 atom stereocenters. The lowest BCUT2D eigenvalue weighted by Gasteiger charge is -2.21. The van der Waals surface area contributed by atoms with Crippen LogP contribution < -0.4 is 9.47 Å². The number of rotatable bonds is 6. The van der Waals surface area contributed by atoms with Crippen molar-refractivity contribution in [2.75, 3.05) is 27.3 Å². The summed E-state index contributed by atoms with van der Waals surface area (Å²) in [6.45, 7) is 4.89. The van der Waals surface area contributed by atoms with E-state index in [0.717, 1.165) is 0 Å². The van der Waals surface area contributed by atoms with Crippen molar-refractivity contribution in [2.45, 2.75) is 13.8 Å². The zero-order valence-corrected chi connectivity index (χ0v) is 11.7. The van der Waals surface area contributed by atoms with Gasteiger partial charge in [0.05, 0.1) is 19.8 Å². The van der Waals surface area contributed by atoms with Crippen LogP contribution in [0.1, 0.15) is 34.6 Å². The maximum Gasteiger partial charge on any atom is 0.258 e. The number of methoxy groups -OCH3 is 2. The fraction of sp³-hybridized carbons (Fsp3) is 0.429. The van der Waals surface area contributed by atoms with Crippen LogP contribution >= 0.6 is 0 Å². The molecule has 0 N–H and O–H groups in total. The third kappa shape index (κ3) is 2.86. The Labute approximate surface area is 113 Å². The first-order valence-electron chi connectivity index (χ1n) is 6.13. The van der Waals surface area contributed by atoms with Crippen molar-refractivity contribution >= 4 is 12.2 Å². The summed E-state index contributed by atoms with van der Waals surface area (Å²) in [5.41, 5.74) is 0.551. The SMILES string of the molecule is CCN(CC)C(=O)c1c(C=O)ccc(OC)c1OC. The quantitative estimate of drug-likeness (QED) is 0.738. The maximum absolute atomic E-state index is 12.5. The van der Waals surface area contributed by atoms with E-state index in [2.05, 4.69) is 0 Å². The predicted octanol–water partition coefficient (Wildman–Crippen LogP) is 2.00. The van der Waals surface area contributed by atoms with Gasteiger partial charge in [0.15, 0.2) is 17.8 Å². The molecular formula is C14H19NO4. The summed E-state index contributed by atoms with van der Waals surface area (Å²) in [6.07, 6.45) is 0.651. The average molecular weight is 265 g/mol. The van der Waals surface area contributed by atoms with Crippen molar-refractivity contribution in [2.24, 2.45) is 0 Å². The molecule has 0 aliphatic carbocycles. The maximum atomic E-state index is 12.5. The van der Waals surface area contributed by atoms with E-state index in [1.165, 1.54) is 14.2 Å². The Bertz CT molecular complexity index is 467. The highest BCUT2D eigenvalue weighted by Crippen LogP contribution is 2.33. The lowest BCUT2D eigenvalue weighted by atomic mass is 10.0. The van der Waals surface area contributed by atoms with Gasteiger partial charge in [-0.3, -0.25) is 9.59 Å². The molecule has 0 saturated heterocycles. The first-order valence-corrected chi connectivity index (χ1v) is 6.13. The Morgan fingerprint density at radius 3 is 2.26 bits per heavy atom. The largest absolute Gasteiger partial charge is 0.493 e. The second-order valence-corrected chi connectivity index (χ2v) is 3.86. The highest BCUT2D eigenvalue weighted by Gasteiger charge is 2.24. The molecule has 1 aromatic rings. The molecule has 0 heterocycles. The van der Waals surface area contributed by atoms with E-state index in [0.29, 0.717) is 36.4 Å². The van der Waals surface area contributed by atoms with Crippen LogP contribution in [0.5, 0.6) is 11.5 Å². The Hall–Kier alpha value is -2.04. The van der Waals surface area contributed by atoms with E-state index in [4.69, 9.17) is 9.47 Å². The van der Waals surface area contributed by atoms with Crippen LogP contribution in [0.4, 0.5) is 0 Å². The zero-order valence-electron chi connectivity index (χ0n) is 11.7. The third-order valence-electron chi connectivity index (χ3n) is 2.97. The molecule has 5 nitrogen and oxygen atoms in total. The summed E-state index contributed by atoms with van der Waals surface area (Å²) < 4.78 is 10.4. The van der Waals surface area contributed by atoms with E-state index < -0.39 is 0 Å². The average Bonchev–Trinajstić information content (AvgIpc) is 2.46. The van der Waals surface area contributed by atoms with Crippen LogP contribution in [-0.2, 0) is 0 Å². The number of aldehydes is 1. The van der Waals surface area contributed by atoms with Gasteiger partial charge >= 0.3 is 0 Å². The van der Waals surface area contributed by atoms with Crippen LogP contribution in [0.2, 0.25) is 0 Å². The number of nitrogens with zero attached hydrogens (tertiary/aromatic N) is 1. The highest BCUT2D eigenvalue weighted by atomic mass is 16.5. The van der Waals surface area contributed by atoms with Gasteiger partial charge in [-0.1, -0.05) is 0 Å². The Kier molecular flexibility index (Phi) is 5.36. The summed E-state index contributed by atoms with van der Waals surface area (Å²) in [5, 5.41) is 0. The third-order valence-corrected chi connectivity index (χ3v) is 2.97. The Balaban J connectivity index is 3.44. The molecule has 0 radical (unpaired) electrons. The first kappa shape index (κ1) is 15.0. The van der Waals surface area contributed by atoms with Gasteiger partial charge < -0.3 is 14.4 Å². The van der Waals surface area contributed by atoms with Crippen LogP contribution in [0, 0.1) is 0 Å². The van der Waals surface area contributed by atoms with E-state index in [-0.39, 0.29) is 11.5 Å². The minimum Gasteiger partial charge on any atom is -0.493 e. The number of ether oxygens (including phenoxy) is 2. The Morgan fingerprint density at radius 1 is 1.21 bits per heavy atom. The molecule has 19 heavy (non-hydrogen) atoms. The van der Waals surface area contributed by atoms with Gasteiger partial charge in [-0.15, -0.1) is 0 Å². The topological polar surface area (TPSA) is 55.8 Å². The number of carbonyl (C=O) groups excluding carboxylic acids is 2. The molecular weight excluding hydrogens is 246 g/mol. The van der Waals surface area contributed by atoms with Crippen molar-refractivity contribution in [3.63, 3.8) is 0 Å². The standard InChI is InChI=1S/C14H19NO4/c1-5-15(6-2)14(17)12-10(9-16)7-8-11(18-3)13(12)19-4/h7-9H,5-6H2,1-4H3. The summed E-state index contributed by atoms with van der Waals surface area (Å²) in [4.78, 5) is 25.2. The van der Waals surface area contributed by atoms with E-state index in [9.17, 15) is 9.59 Å². The zero-order chi connectivity index (χ0) is 14.4. The molecule has 0 aromatic heterocycles. The minimum atomic E-state index is -0.233. The summed E-state index contributed by atoms with van der Waals surface area (Å²) in [5.74, 6) is 0.496. The van der Waals surface area contributed by atoms with Gasteiger partial charge in [-0.2, -0.15) is 0 Å². The summed E-state index contributed by atoms with van der Waals surface area (Å²) in [6, 6.07) is 3.17. The molecule has 0 bridgehead atoms. The number of hydrogen-bond donors (Lipinski definition) is 0. The lowest BCUT2D eigenvalue weighted by Crippen LogP contribution is -2.31. The highest BCUT2D eigenvalue weighted by molar-refractivity contribution is 6.04. The monoisotopic (exact) mass is 265 g/mol. The van der Waals surface area contributed by atoms with Crippen molar-refractivity contribution in [3.05, 3.63) is 23.3 Å². The fourth-order valence-electron chi connectivity index (χ4n) is 1.93. The summed E-state index contributed by atoms with van der Waals surface area (Å²) >= 11 is 0. The number of hydrogen-bond acceptors (Lipinski definition) is 4. The second kappa shape index (κ2) is 6.78.